The number of hydrogen-bond acceptors (Lipinski definition) is 5. The predicted octanol–water partition coefficient (Wildman–Crippen LogP) is 1.35. The maximum atomic E-state index is 9.41. The van der Waals surface area contributed by atoms with Crippen LogP contribution in [0.15, 0.2) is 12.1 Å². The summed E-state index contributed by atoms with van der Waals surface area (Å²) in [5.41, 5.74) is 0. The van der Waals surface area contributed by atoms with E-state index in [1.54, 1.807) is 0 Å². The molecule has 0 saturated carbocycles. The summed E-state index contributed by atoms with van der Waals surface area (Å²) in [7, 11) is 4.24. The molecule has 0 unspecified atom stereocenters. The van der Waals surface area contributed by atoms with Gasteiger partial charge >= 0.3 is 0 Å². The van der Waals surface area contributed by atoms with E-state index in [0.29, 0.717) is 5.75 Å². The van der Waals surface area contributed by atoms with Gasteiger partial charge in [-0.1, -0.05) is 0 Å². The summed E-state index contributed by atoms with van der Waals surface area (Å²) in [6.45, 7) is 0. The van der Waals surface area contributed by atoms with E-state index >= 15 is 0 Å². The largest absolute Gasteiger partial charge is 0.504 e. The molecule has 0 radical (unpaired) electrons. The SMILES string of the molecule is COOc1ccc(O)c(OC)c1OC. The number of phenolic OH excluding ortho intramolecular Hbond substituents is 1. The Kier molecular flexibility index (Phi) is 3.41. The van der Waals surface area contributed by atoms with Crippen LogP contribution in [0.5, 0.6) is 23.0 Å². The van der Waals surface area contributed by atoms with Gasteiger partial charge in [0.15, 0.2) is 5.75 Å². The molecule has 1 N–H and O–H groups in total. The molecule has 0 amide bonds. The van der Waals surface area contributed by atoms with Crippen LogP contribution in [-0.2, 0) is 4.89 Å². The molecule has 0 heterocycles. The van der Waals surface area contributed by atoms with Gasteiger partial charge in [0.2, 0.25) is 17.2 Å². The van der Waals surface area contributed by atoms with Gasteiger partial charge in [-0.15, -0.1) is 0 Å². The van der Waals surface area contributed by atoms with Crippen LogP contribution in [0.2, 0.25) is 0 Å². The molecule has 0 atom stereocenters. The van der Waals surface area contributed by atoms with E-state index in [9.17, 15) is 5.11 Å². The predicted molar refractivity (Wildman–Crippen MR) is 48.8 cm³/mol. The molecule has 1 rings (SSSR count). The fourth-order valence-corrected chi connectivity index (χ4v) is 1.08. The maximum absolute atomic E-state index is 9.41. The molecule has 0 spiro atoms. The lowest BCUT2D eigenvalue weighted by Gasteiger charge is -2.12. The third-order valence-corrected chi connectivity index (χ3v) is 1.64. The van der Waals surface area contributed by atoms with Crippen LogP contribution in [0, 0.1) is 0 Å². The standard InChI is InChI=1S/C9H12O5/c1-11-8-6(10)4-5-7(14-13-3)9(8)12-2/h4-5,10H,1-3H3. The second-order valence-electron chi connectivity index (χ2n) is 2.40. The van der Waals surface area contributed by atoms with Gasteiger partial charge in [-0.05, 0) is 12.1 Å². The summed E-state index contributed by atoms with van der Waals surface area (Å²) >= 11 is 0. The van der Waals surface area contributed by atoms with Crippen molar-refractivity contribution in [2.24, 2.45) is 0 Å². The zero-order chi connectivity index (χ0) is 10.6. The Balaban J connectivity index is 3.18. The molecule has 14 heavy (non-hydrogen) atoms. The van der Waals surface area contributed by atoms with Crippen LogP contribution in [-0.4, -0.2) is 26.4 Å². The van der Waals surface area contributed by atoms with Gasteiger partial charge in [0.1, 0.15) is 0 Å². The van der Waals surface area contributed by atoms with Gasteiger partial charge in [0, 0.05) is 0 Å². The smallest absolute Gasteiger partial charge is 0.211 e. The minimum absolute atomic E-state index is 0.0206. The highest BCUT2D eigenvalue weighted by molar-refractivity contribution is 5.58. The summed E-state index contributed by atoms with van der Waals surface area (Å²) in [5, 5.41) is 9.41. The Labute approximate surface area is 81.7 Å². The highest BCUT2D eigenvalue weighted by Crippen LogP contribution is 2.43. The van der Waals surface area contributed by atoms with E-state index in [0.717, 1.165) is 0 Å². The Hall–Kier alpha value is -1.62. The molecule has 1 aromatic rings. The van der Waals surface area contributed by atoms with Crippen LogP contribution >= 0.6 is 0 Å². The summed E-state index contributed by atoms with van der Waals surface area (Å²) in [6, 6.07) is 2.94. The zero-order valence-corrected chi connectivity index (χ0v) is 8.23. The second kappa shape index (κ2) is 4.57. The molecule has 78 valence electrons. The molecule has 0 fully saturated rings. The first-order chi connectivity index (χ1) is 6.74. The van der Waals surface area contributed by atoms with E-state index in [1.165, 1.54) is 33.5 Å². The van der Waals surface area contributed by atoms with Crippen molar-refractivity contribution in [3.05, 3.63) is 12.1 Å². The van der Waals surface area contributed by atoms with Crippen molar-refractivity contribution in [2.45, 2.75) is 0 Å². The Morgan fingerprint density at radius 3 is 2.14 bits per heavy atom. The second-order valence-corrected chi connectivity index (χ2v) is 2.40. The number of benzene rings is 1. The Morgan fingerprint density at radius 2 is 1.64 bits per heavy atom. The van der Waals surface area contributed by atoms with Gasteiger partial charge in [-0.25, -0.2) is 0 Å². The van der Waals surface area contributed by atoms with Gasteiger partial charge in [0.05, 0.1) is 21.3 Å². The van der Waals surface area contributed by atoms with Crippen molar-refractivity contribution in [1.82, 2.24) is 0 Å². The number of hydrogen-bond donors (Lipinski definition) is 1. The van der Waals surface area contributed by atoms with Gasteiger partial charge in [0.25, 0.3) is 0 Å². The van der Waals surface area contributed by atoms with E-state index in [2.05, 4.69) is 4.89 Å². The van der Waals surface area contributed by atoms with E-state index < -0.39 is 0 Å². The van der Waals surface area contributed by atoms with Crippen LogP contribution in [0.1, 0.15) is 0 Å². The fourth-order valence-electron chi connectivity index (χ4n) is 1.08. The number of aromatic hydroxyl groups is 1. The van der Waals surface area contributed by atoms with E-state index in [1.807, 2.05) is 0 Å². The van der Waals surface area contributed by atoms with Crippen molar-refractivity contribution in [1.29, 1.82) is 0 Å². The molecular formula is C9H12O5. The van der Waals surface area contributed by atoms with Crippen LogP contribution in [0.3, 0.4) is 0 Å². The third-order valence-electron chi connectivity index (χ3n) is 1.64. The molecule has 0 aromatic heterocycles. The Bertz CT molecular complexity index is 310. The molecule has 5 nitrogen and oxygen atoms in total. The molecule has 0 aliphatic rings. The summed E-state index contributed by atoms with van der Waals surface area (Å²) < 4.78 is 9.95. The zero-order valence-electron chi connectivity index (χ0n) is 8.23. The van der Waals surface area contributed by atoms with Crippen molar-refractivity contribution in [3.8, 4) is 23.0 Å². The average Bonchev–Trinajstić information content (AvgIpc) is 2.20. The highest BCUT2D eigenvalue weighted by Gasteiger charge is 2.16. The van der Waals surface area contributed by atoms with Gasteiger partial charge in [-0.3, -0.25) is 0 Å². The molecule has 0 aliphatic heterocycles. The fraction of sp³-hybridized carbons (Fsp3) is 0.333. The molecular weight excluding hydrogens is 188 g/mol. The Morgan fingerprint density at radius 1 is 1.00 bits per heavy atom. The normalized spacial score (nSPS) is 9.64. The summed E-state index contributed by atoms with van der Waals surface area (Å²) in [6.07, 6.45) is 0. The van der Waals surface area contributed by atoms with Crippen molar-refractivity contribution < 1.29 is 24.4 Å². The highest BCUT2D eigenvalue weighted by atomic mass is 17.2. The lowest BCUT2D eigenvalue weighted by molar-refractivity contribution is -0.179. The minimum Gasteiger partial charge on any atom is -0.504 e. The first-order valence-electron chi connectivity index (χ1n) is 3.89. The topological polar surface area (TPSA) is 57.2 Å². The number of rotatable bonds is 4. The molecule has 1 aromatic carbocycles. The van der Waals surface area contributed by atoms with Gasteiger partial charge < -0.3 is 19.5 Å². The molecule has 5 heteroatoms. The minimum atomic E-state index is -0.0206. The summed E-state index contributed by atoms with van der Waals surface area (Å²) in [4.78, 5) is 9.30. The van der Waals surface area contributed by atoms with Crippen LogP contribution in [0.25, 0.3) is 0 Å². The van der Waals surface area contributed by atoms with Crippen molar-refractivity contribution in [3.63, 3.8) is 0 Å². The lowest BCUT2D eigenvalue weighted by atomic mass is 10.2. The van der Waals surface area contributed by atoms with Crippen LogP contribution in [0.4, 0.5) is 0 Å². The van der Waals surface area contributed by atoms with E-state index in [4.69, 9.17) is 14.4 Å². The molecule has 0 aliphatic carbocycles. The third kappa shape index (κ3) is 1.82. The summed E-state index contributed by atoms with van der Waals surface area (Å²) in [5.74, 6) is 0.814. The lowest BCUT2D eigenvalue weighted by Crippen LogP contribution is -1.97. The number of methoxy groups -OCH3 is 2. The number of phenols is 1. The van der Waals surface area contributed by atoms with Crippen molar-refractivity contribution in [2.75, 3.05) is 21.3 Å². The van der Waals surface area contributed by atoms with Gasteiger partial charge in [-0.2, -0.15) is 4.89 Å². The number of ether oxygens (including phenoxy) is 2. The monoisotopic (exact) mass is 200 g/mol. The average molecular weight is 200 g/mol. The maximum Gasteiger partial charge on any atom is 0.211 e. The molecule has 0 saturated heterocycles. The van der Waals surface area contributed by atoms with Crippen LogP contribution < -0.4 is 14.4 Å². The first kappa shape index (κ1) is 10.5. The van der Waals surface area contributed by atoms with Crippen molar-refractivity contribution >= 4 is 0 Å². The molecule has 0 bridgehead atoms. The van der Waals surface area contributed by atoms with E-state index in [-0.39, 0.29) is 17.2 Å². The first-order valence-corrected chi connectivity index (χ1v) is 3.89. The quantitative estimate of drug-likeness (QED) is 0.587.